The van der Waals surface area contributed by atoms with Crippen molar-refractivity contribution in [2.45, 2.75) is 24.8 Å². The molecule has 0 spiro atoms. The monoisotopic (exact) mass is 370 g/mol. The summed E-state index contributed by atoms with van der Waals surface area (Å²) < 4.78 is 27.8. The van der Waals surface area contributed by atoms with Crippen LogP contribution in [0.5, 0.6) is 0 Å². The first kappa shape index (κ1) is 15.9. The summed E-state index contributed by atoms with van der Waals surface area (Å²) >= 11 is 3.24. The van der Waals surface area contributed by atoms with Gasteiger partial charge in [0.15, 0.2) is 0 Å². The molecular weight excluding hydrogens is 356 g/mol. The molecule has 2 N–H and O–H groups in total. The fourth-order valence-electron chi connectivity index (χ4n) is 1.92. The lowest BCUT2D eigenvalue weighted by Crippen LogP contribution is -2.14. The second kappa shape index (κ2) is 6.55. The van der Waals surface area contributed by atoms with Crippen LogP contribution in [0.1, 0.15) is 18.1 Å². The number of aliphatic hydroxyl groups is 1. The highest BCUT2D eigenvalue weighted by Crippen LogP contribution is 2.24. The Bertz CT molecular complexity index is 748. The van der Waals surface area contributed by atoms with E-state index < -0.39 is 10.0 Å². The topological polar surface area (TPSA) is 79.3 Å². The van der Waals surface area contributed by atoms with Crippen LogP contribution in [0.2, 0.25) is 0 Å². The number of halogens is 1. The summed E-state index contributed by atoms with van der Waals surface area (Å²) in [5, 5.41) is 9.34. The number of hydrogen-bond acceptors (Lipinski definition) is 4. The smallest absolute Gasteiger partial charge is 0.261 e. The molecular formula is C14H15BrN2O3S. The van der Waals surface area contributed by atoms with Crippen LogP contribution < -0.4 is 4.72 Å². The van der Waals surface area contributed by atoms with Crippen molar-refractivity contribution in [3.63, 3.8) is 0 Å². The molecule has 7 heteroatoms. The van der Waals surface area contributed by atoms with Crippen molar-refractivity contribution >= 4 is 31.6 Å². The molecule has 0 saturated carbocycles. The number of nitrogens with one attached hydrogen (secondary N) is 1. The summed E-state index contributed by atoms with van der Waals surface area (Å²) in [6.45, 7) is 1.76. The van der Waals surface area contributed by atoms with Gasteiger partial charge in [-0.05, 0) is 51.7 Å². The van der Waals surface area contributed by atoms with E-state index in [9.17, 15) is 13.5 Å². The highest BCUT2D eigenvalue weighted by Gasteiger charge is 2.17. The highest BCUT2D eigenvalue weighted by atomic mass is 79.9. The molecule has 0 saturated heterocycles. The zero-order valence-electron chi connectivity index (χ0n) is 11.4. The van der Waals surface area contributed by atoms with Gasteiger partial charge in [0.2, 0.25) is 0 Å². The number of pyridine rings is 1. The lowest BCUT2D eigenvalue weighted by Gasteiger charge is -2.12. The summed E-state index contributed by atoms with van der Waals surface area (Å²) in [5.74, 6) is 0. The maximum Gasteiger partial charge on any atom is 0.261 e. The van der Waals surface area contributed by atoms with Gasteiger partial charge in [-0.2, -0.15) is 0 Å². The van der Waals surface area contributed by atoms with Gasteiger partial charge < -0.3 is 5.11 Å². The molecule has 0 aliphatic carbocycles. The fourth-order valence-corrected chi connectivity index (χ4v) is 3.53. The maximum atomic E-state index is 12.4. The molecule has 112 valence electrons. The molecule has 0 bridgehead atoms. The Morgan fingerprint density at radius 3 is 2.67 bits per heavy atom. The van der Waals surface area contributed by atoms with Gasteiger partial charge in [0, 0.05) is 12.4 Å². The van der Waals surface area contributed by atoms with Crippen molar-refractivity contribution in [3.05, 3.63) is 52.3 Å². The van der Waals surface area contributed by atoms with Crippen LogP contribution in [0.4, 0.5) is 5.69 Å². The number of aliphatic hydroxyl groups excluding tert-OH is 1. The normalized spacial score (nSPS) is 11.4. The summed E-state index contributed by atoms with van der Waals surface area (Å²) in [4.78, 5) is 4.00. The number of hydrogen-bond donors (Lipinski definition) is 2. The molecule has 1 heterocycles. The number of anilines is 1. The fraction of sp³-hybridized carbons (Fsp3) is 0.214. The molecule has 1 aromatic heterocycles. The third-order valence-corrected chi connectivity index (χ3v) is 5.05. The van der Waals surface area contributed by atoms with Crippen molar-refractivity contribution in [1.82, 2.24) is 4.98 Å². The molecule has 5 nitrogen and oxygen atoms in total. The third-order valence-electron chi connectivity index (χ3n) is 3.06. The zero-order valence-corrected chi connectivity index (χ0v) is 13.8. The average Bonchev–Trinajstić information content (AvgIpc) is 2.48. The molecule has 0 atom stereocenters. The Kier molecular flexibility index (Phi) is 4.97. The van der Waals surface area contributed by atoms with E-state index in [2.05, 4.69) is 25.6 Å². The van der Waals surface area contributed by atoms with E-state index in [1.807, 2.05) is 6.92 Å². The molecule has 21 heavy (non-hydrogen) atoms. The average molecular weight is 371 g/mol. The second-order valence-electron chi connectivity index (χ2n) is 4.40. The quantitative estimate of drug-likeness (QED) is 0.847. The number of aromatic nitrogens is 1. The Morgan fingerprint density at radius 2 is 2.05 bits per heavy atom. The standard InChI is InChI=1S/C14H15BrN2O3S/c1-2-10-3-4-12(7-11(10)9-18)21(19,20)17-14-5-6-16-8-13(14)15/h3-8,18H,2,9H2,1H3,(H,16,17). The van der Waals surface area contributed by atoms with Crippen molar-refractivity contribution in [3.8, 4) is 0 Å². The molecule has 2 aromatic rings. The van der Waals surface area contributed by atoms with Crippen molar-refractivity contribution in [1.29, 1.82) is 0 Å². The summed E-state index contributed by atoms with van der Waals surface area (Å²) in [7, 11) is -3.71. The van der Waals surface area contributed by atoms with Crippen LogP contribution >= 0.6 is 15.9 Å². The van der Waals surface area contributed by atoms with Crippen LogP contribution in [0.15, 0.2) is 46.0 Å². The van der Waals surface area contributed by atoms with Gasteiger partial charge in [-0.1, -0.05) is 13.0 Å². The summed E-state index contributed by atoms with van der Waals surface area (Å²) in [6, 6.07) is 6.32. The Labute approximate surface area is 132 Å². The number of rotatable bonds is 5. The van der Waals surface area contributed by atoms with Gasteiger partial charge in [0.25, 0.3) is 10.0 Å². The minimum absolute atomic E-state index is 0.118. The van der Waals surface area contributed by atoms with Gasteiger partial charge >= 0.3 is 0 Å². The van der Waals surface area contributed by atoms with Gasteiger partial charge in [0.05, 0.1) is 21.7 Å². The summed E-state index contributed by atoms with van der Waals surface area (Å²) in [5.41, 5.74) is 1.96. The molecule has 0 unspecified atom stereocenters. The zero-order chi connectivity index (χ0) is 15.5. The first-order chi connectivity index (χ1) is 9.97. The van der Waals surface area contributed by atoms with E-state index >= 15 is 0 Å². The Balaban J connectivity index is 2.38. The number of sulfonamides is 1. The second-order valence-corrected chi connectivity index (χ2v) is 6.94. The SMILES string of the molecule is CCc1ccc(S(=O)(=O)Nc2ccncc2Br)cc1CO. The minimum Gasteiger partial charge on any atom is -0.392 e. The van der Waals surface area contributed by atoms with Gasteiger partial charge in [-0.3, -0.25) is 9.71 Å². The van der Waals surface area contributed by atoms with E-state index in [1.54, 1.807) is 12.1 Å². The molecule has 0 aliphatic heterocycles. The lowest BCUT2D eigenvalue weighted by atomic mass is 10.1. The van der Waals surface area contributed by atoms with Gasteiger partial charge in [-0.15, -0.1) is 0 Å². The third kappa shape index (κ3) is 3.61. The predicted octanol–water partition coefficient (Wildman–Crippen LogP) is 2.70. The number of nitrogens with zero attached hydrogens (tertiary/aromatic N) is 1. The Morgan fingerprint density at radius 1 is 1.29 bits per heavy atom. The number of benzene rings is 1. The van der Waals surface area contributed by atoms with Crippen LogP contribution in [0, 0.1) is 0 Å². The van der Waals surface area contributed by atoms with Gasteiger partial charge in [-0.25, -0.2) is 8.42 Å². The van der Waals surface area contributed by atoms with Crippen LogP contribution in [-0.4, -0.2) is 18.5 Å². The van der Waals surface area contributed by atoms with E-state index in [1.165, 1.54) is 24.5 Å². The largest absolute Gasteiger partial charge is 0.392 e. The van der Waals surface area contributed by atoms with Crippen molar-refractivity contribution in [2.75, 3.05) is 4.72 Å². The number of aryl methyl sites for hydroxylation is 1. The molecule has 0 fully saturated rings. The maximum absolute atomic E-state index is 12.4. The molecule has 0 radical (unpaired) electrons. The lowest BCUT2D eigenvalue weighted by molar-refractivity contribution is 0.280. The van der Waals surface area contributed by atoms with E-state index in [0.717, 1.165) is 12.0 Å². The van der Waals surface area contributed by atoms with Crippen LogP contribution in [-0.2, 0) is 23.1 Å². The Hall–Kier alpha value is -1.44. The van der Waals surface area contributed by atoms with Crippen LogP contribution in [0.3, 0.4) is 0 Å². The van der Waals surface area contributed by atoms with E-state index in [-0.39, 0.29) is 11.5 Å². The minimum atomic E-state index is -3.71. The molecule has 0 aliphatic rings. The first-order valence-corrected chi connectivity index (χ1v) is 8.60. The van der Waals surface area contributed by atoms with E-state index in [0.29, 0.717) is 15.7 Å². The van der Waals surface area contributed by atoms with Crippen molar-refractivity contribution in [2.24, 2.45) is 0 Å². The molecule has 1 aromatic carbocycles. The highest BCUT2D eigenvalue weighted by molar-refractivity contribution is 9.10. The summed E-state index contributed by atoms with van der Waals surface area (Å²) in [6.07, 6.45) is 3.75. The molecule has 2 rings (SSSR count). The predicted molar refractivity (Wildman–Crippen MR) is 84.5 cm³/mol. The first-order valence-electron chi connectivity index (χ1n) is 6.33. The van der Waals surface area contributed by atoms with Crippen molar-refractivity contribution < 1.29 is 13.5 Å². The van der Waals surface area contributed by atoms with E-state index in [4.69, 9.17) is 0 Å². The van der Waals surface area contributed by atoms with Gasteiger partial charge in [0.1, 0.15) is 0 Å². The van der Waals surface area contributed by atoms with Crippen LogP contribution in [0.25, 0.3) is 0 Å². The molecule has 0 amide bonds.